The van der Waals surface area contributed by atoms with E-state index in [0.29, 0.717) is 11.3 Å². The molecule has 0 spiro atoms. The number of nitrogens with one attached hydrogen (secondary N) is 2. The predicted octanol–water partition coefficient (Wildman–Crippen LogP) is 5.46. The van der Waals surface area contributed by atoms with Crippen LogP contribution in [0.2, 0.25) is 0 Å². The van der Waals surface area contributed by atoms with Crippen LogP contribution in [0.5, 0.6) is 5.75 Å². The minimum absolute atomic E-state index is 0.0205. The van der Waals surface area contributed by atoms with Crippen molar-refractivity contribution in [2.75, 3.05) is 23.4 Å². The lowest BCUT2D eigenvalue weighted by Crippen LogP contribution is -2.61. The molecule has 2 N–H and O–H groups in total. The van der Waals surface area contributed by atoms with Crippen LogP contribution in [0.15, 0.2) is 42.5 Å². The molecule has 1 aliphatic heterocycles. The Bertz CT molecular complexity index is 1400. The number of nitrogens with zero attached hydrogens (tertiary/aromatic N) is 2. The molecule has 0 bridgehead atoms. The van der Waals surface area contributed by atoms with Crippen LogP contribution in [0.4, 0.5) is 42.1 Å². The van der Waals surface area contributed by atoms with E-state index in [2.05, 4.69) is 15.4 Å². The van der Waals surface area contributed by atoms with Gasteiger partial charge in [0.25, 0.3) is 5.91 Å². The van der Waals surface area contributed by atoms with E-state index in [0.717, 1.165) is 18.2 Å². The van der Waals surface area contributed by atoms with Crippen molar-refractivity contribution in [3.63, 3.8) is 0 Å². The summed E-state index contributed by atoms with van der Waals surface area (Å²) >= 11 is 0. The highest BCUT2D eigenvalue weighted by Gasteiger charge is 2.44. The summed E-state index contributed by atoms with van der Waals surface area (Å²) in [6.07, 6.45) is -9.54. The first-order chi connectivity index (χ1) is 20.8. The Labute approximate surface area is 254 Å². The van der Waals surface area contributed by atoms with Gasteiger partial charge in [-0.1, -0.05) is 12.1 Å². The number of carbonyl (C=O) groups excluding carboxylic acids is 3. The number of alkyl halides is 6. The topological polar surface area (TPSA) is 91.0 Å². The van der Waals surface area contributed by atoms with Gasteiger partial charge in [-0.05, 0) is 75.4 Å². The Balaban J connectivity index is 1.49. The fourth-order valence-corrected chi connectivity index (χ4v) is 5.54. The van der Waals surface area contributed by atoms with Crippen molar-refractivity contribution in [2.45, 2.75) is 70.2 Å². The number of ether oxygens (including phenoxy) is 1. The number of hydrogen-bond acceptors (Lipinski definition) is 5. The summed E-state index contributed by atoms with van der Waals surface area (Å²) < 4.78 is 95.0. The molecule has 1 unspecified atom stereocenters. The SMILES string of the molecule is CN1C(=O)C(NC(=O)C(C)(C)NC(=O)C2CCC(C(F)(F)F)CC2)CN(Cc2ccc(OC(F)(F)F)cc2)c2ccc(F)cc21. The zero-order chi connectivity index (χ0) is 33.3. The van der Waals surface area contributed by atoms with Gasteiger partial charge in [0.05, 0.1) is 17.3 Å². The maximum atomic E-state index is 14.3. The standard InChI is InChI=1S/C30H33F7N4O4/c1-28(2,39-25(42)18-6-8-19(9-7-18)29(32,33)34)27(44)38-22-16-41(15-17-4-11-21(12-5-17)45-30(35,36)37)23-13-10-20(31)14-24(23)40(3)26(22)43/h4-5,10-14,18-19,22H,6-9,15-16H2,1-3H3,(H,38,44)(H,39,42). The summed E-state index contributed by atoms with van der Waals surface area (Å²) in [7, 11) is 1.40. The number of fused-ring (bicyclic) bond motifs is 1. The average molecular weight is 647 g/mol. The summed E-state index contributed by atoms with van der Waals surface area (Å²) in [4.78, 5) is 42.7. The van der Waals surface area contributed by atoms with Crippen LogP contribution >= 0.6 is 0 Å². The van der Waals surface area contributed by atoms with Gasteiger partial charge in [-0.2, -0.15) is 13.2 Å². The molecule has 3 amide bonds. The van der Waals surface area contributed by atoms with Gasteiger partial charge >= 0.3 is 12.5 Å². The number of anilines is 2. The number of carbonyl (C=O) groups is 3. The zero-order valence-corrected chi connectivity index (χ0v) is 24.7. The van der Waals surface area contributed by atoms with E-state index in [1.54, 1.807) is 4.90 Å². The number of likely N-dealkylation sites (N-methyl/N-ethyl adjacent to an activating group) is 1. The fraction of sp³-hybridized carbons (Fsp3) is 0.500. The van der Waals surface area contributed by atoms with Gasteiger partial charge in [0, 0.05) is 26.1 Å². The second kappa shape index (κ2) is 12.8. The number of halogens is 7. The molecule has 8 nitrogen and oxygen atoms in total. The molecule has 2 aromatic rings. The summed E-state index contributed by atoms with van der Waals surface area (Å²) in [6, 6.07) is 7.62. The van der Waals surface area contributed by atoms with Gasteiger partial charge < -0.3 is 25.2 Å². The molecule has 2 aliphatic rings. The molecule has 0 radical (unpaired) electrons. The fourth-order valence-electron chi connectivity index (χ4n) is 5.54. The maximum Gasteiger partial charge on any atom is 0.573 e. The minimum Gasteiger partial charge on any atom is -0.406 e. The van der Waals surface area contributed by atoms with Crippen LogP contribution in [0.25, 0.3) is 0 Å². The van der Waals surface area contributed by atoms with Gasteiger partial charge in [0.1, 0.15) is 23.1 Å². The van der Waals surface area contributed by atoms with Crippen molar-refractivity contribution in [3.05, 3.63) is 53.8 Å². The van der Waals surface area contributed by atoms with Crippen molar-refractivity contribution in [2.24, 2.45) is 11.8 Å². The number of amides is 3. The third kappa shape index (κ3) is 8.37. The average Bonchev–Trinajstić information content (AvgIpc) is 3.03. The molecule has 1 atom stereocenters. The Hall–Kier alpha value is -4.04. The lowest BCUT2D eigenvalue weighted by Gasteiger charge is -2.33. The van der Waals surface area contributed by atoms with Gasteiger partial charge in [-0.15, -0.1) is 13.2 Å². The van der Waals surface area contributed by atoms with E-state index in [4.69, 9.17) is 0 Å². The van der Waals surface area contributed by atoms with E-state index in [1.165, 1.54) is 50.1 Å². The molecular weight excluding hydrogens is 613 g/mol. The quantitative estimate of drug-likeness (QED) is 0.391. The molecule has 246 valence electrons. The van der Waals surface area contributed by atoms with E-state index in [-0.39, 0.29) is 44.5 Å². The smallest absolute Gasteiger partial charge is 0.406 e. The first-order valence-corrected chi connectivity index (χ1v) is 14.2. The lowest BCUT2D eigenvalue weighted by atomic mass is 9.81. The molecule has 1 saturated carbocycles. The number of benzene rings is 2. The van der Waals surface area contributed by atoms with Crippen molar-refractivity contribution >= 4 is 29.1 Å². The van der Waals surface area contributed by atoms with Crippen molar-refractivity contribution < 1.29 is 49.9 Å². The van der Waals surface area contributed by atoms with Crippen molar-refractivity contribution in [1.29, 1.82) is 0 Å². The summed E-state index contributed by atoms with van der Waals surface area (Å²) in [5.74, 6) is -5.13. The van der Waals surface area contributed by atoms with E-state index in [9.17, 15) is 45.1 Å². The highest BCUT2D eigenvalue weighted by Crippen LogP contribution is 2.40. The highest BCUT2D eigenvalue weighted by molar-refractivity contribution is 6.04. The molecule has 0 saturated heterocycles. The van der Waals surface area contributed by atoms with Crippen LogP contribution in [0, 0.1) is 17.7 Å². The minimum atomic E-state index is -4.87. The molecule has 45 heavy (non-hydrogen) atoms. The summed E-state index contributed by atoms with van der Waals surface area (Å²) in [6.45, 7) is 2.73. The second-order valence-corrected chi connectivity index (χ2v) is 11.8. The number of hydrogen-bond donors (Lipinski definition) is 2. The number of rotatable bonds is 7. The third-order valence-corrected chi connectivity index (χ3v) is 8.07. The molecule has 0 aromatic heterocycles. The second-order valence-electron chi connectivity index (χ2n) is 11.8. The van der Waals surface area contributed by atoms with Crippen LogP contribution in [-0.2, 0) is 20.9 Å². The Kier molecular flexibility index (Phi) is 9.59. The Morgan fingerprint density at radius 3 is 2.13 bits per heavy atom. The first-order valence-electron chi connectivity index (χ1n) is 14.2. The third-order valence-electron chi connectivity index (χ3n) is 8.07. The van der Waals surface area contributed by atoms with Crippen LogP contribution < -0.4 is 25.2 Å². The maximum absolute atomic E-state index is 14.3. The van der Waals surface area contributed by atoms with Crippen molar-refractivity contribution in [3.8, 4) is 5.75 Å². The molecule has 1 heterocycles. The summed E-state index contributed by atoms with van der Waals surface area (Å²) in [5, 5.41) is 5.24. The van der Waals surface area contributed by atoms with E-state index >= 15 is 0 Å². The van der Waals surface area contributed by atoms with Crippen molar-refractivity contribution in [1.82, 2.24) is 10.6 Å². The zero-order valence-electron chi connectivity index (χ0n) is 24.7. The van der Waals surface area contributed by atoms with Crippen LogP contribution in [0.3, 0.4) is 0 Å². The predicted molar refractivity (Wildman–Crippen MR) is 150 cm³/mol. The highest BCUT2D eigenvalue weighted by atomic mass is 19.4. The van der Waals surface area contributed by atoms with Crippen LogP contribution in [0.1, 0.15) is 45.1 Å². The first kappa shape index (κ1) is 33.8. The molecule has 2 aromatic carbocycles. The normalized spacial score (nSPS) is 21.1. The molecule has 4 rings (SSSR count). The van der Waals surface area contributed by atoms with E-state index in [1.807, 2.05) is 0 Å². The molecular formula is C30H33F7N4O4. The molecule has 1 aliphatic carbocycles. The Morgan fingerprint density at radius 1 is 0.933 bits per heavy atom. The van der Waals surface area contributed by atoms with Gasteiger partial charge in [-0.25, -0.2) is 4.39 Å². The van der Waals surface area contributed by atoms with Gasteiger partial charge in [0.2, 0.25) is 11.8 Å². The molecule has 15 heteroatoms. The largest absolute Gasteiger partial charge is 0.573 e. The van der Waals surface area contributed by atoms with E-state index < -0.39 is 65.2 Å². The lowest BCUT2D eigenvalue weighted by molar-refractivity contribution is -0.274. The van der Waals surface area contributed by atoms with Crippen LogP contribution in [-0.4, -0.2) is 55.4 Å². The monoisotopic (exact) mass is 646 g/mol. The summed E-state index contributed by atoms with van der Waals surface area (Å²) in [5.41, 5.74) is -0.423. The van der Waals surface area contributed by atoms with Gasteiger partial charge in [-0.3, -0.25) is 14.4 Å². The van der Waals surface area contributed by atoms with Gasteiger partial charge in [0.15, 0.2) is 0 Å². The molecule has 1 fully saturated rings. The Morgan fingerprint density at radius 2 is 1.56 bits per heavy atom.